The summed E-state index contributed by atoms with van der Waals surface area (Å²) in [6.45, 7) is 4.38. The molecule has 94 valence electrons. The zero-order chi connectivity index (χ0) is 13.1. The minimum Gasteiger partial charge on any atom is -0.462 e. The van der Waals surface area contributed by atoms with Gasteiger partial charge in [0.1, 0.15) is 5.56 Å². The van der Waals surface area contributed by atoms with Crippen LogP contribution in [0.15, 0.2) is 35.1 Å². The van der Waals surface area contributed by atoms with Crippen LogP contribution in [0.5, 0.6) is 0 Å². The first kappa shape index (κ1) is 12.4. The van der Waals surface area contributed by atoms with Crippen molar-refractivity contribution in [3.63, 3.8) is 0 Å². The van der Waals surface area contributed by atoms with E-state index in [9.17, 15) is 9.59 Å². The number of benzene rings is 1. The van der Waals surface area contributed by atoms with Crippen LogP contribution in [0.2, 0.25) is 0 Å². The van der Waals surface area contributed by atoms with E-state index in [2.05, 4.69) is 0 Å². The van der Waals surface area contributed by atoms with Crippen molar-refractivity contribution < 1.29 is 9.53 Å². The molecule has 0 amide bonds. The highest BCUT2D eigenvalue weighted by Gasteiger charge is 2.15. The van der Waals surface area contributed by atoms with Gasteiger partial charge in [-0.3, -0.25) is 4.79 Å². The molecule has 18 heavy (non-hydrogen) atoms. The molecule has 4 nitrogen and oxygen atoms in total. The Morgan fingerprint density at radius 3 is 2.67 bits per heavy atom. The molecule has 2 aromatic rings. The van der Waals surface area contributed by atoms with Crippen LogP contribution in [0.25, 0.3) is 10.9 Å². The Labute approximate surface area is 105 Å². The molecule has 0 aliphatic heterocycles. The Bertz CT molecular complexity index is 643. The molecule has 0 N–H and O–H groups in total. The summed E-state index contributed by atoms with van der Waals surface area (Å²) in [6.07, 6.45) is 0. The molecule has 1 aromatic heterocycles. The van der Waals surface area contributed by atoms with Gasteiger partial charge in [-0.1, -0.05) is 18.2 Å². The molecule has 0 saturated carbocycles. The topological polar surface area (TPSA) is 48.3 Å². The van der Waals surface area contributed by atoms with Crippen LogP contribution in [0.4, 0.5) is 0 Å². The zero-order valence-electron chi connectivity index (χ0n) is 10.5. The van der Waals surface area contributed by atoms with Gasteiger partial charge in [-0.05, 0) is 31.4 Å². The number of ether oxygens (including phenoxy) is 1. The number of rotatable bonds is 3. The first-order chi connectivity index (χ1) is 8.69. The summed E-state index contributed by atoms with van der Waals surface area (Å²) < 4.78 is 6.49. The number of carbonyl (C=O) groups excluding carboxylic acids is 1. The summed E-state index contributed by atoms with van der Waals surface area (Å²) in [5.41, 5.74) is 0.630. The molecular formula is C14H15NO3. The molecule has 0 fully saturated rings. The lowest BCUT2D eigenvalue weighted by Gasteiger charge is -2.10. The summed E-state index contributed by atoms with van der Waals surface area (Å²) in [4.78, 5) is 23.9. The van der Waals surface area contributed by atoms with E-state index in [1.165, 1.54) is 0 Å². The molecular weight excluding hydrogens is 230 g/mol. The first-order valence-electron chi connectivity index (χ1n) is 5.98. The van der Waals surface area contributed by atoms with E-state index >= 15 is 0 Å². The largest absolute Gasteiger partial charge is 0.462 e. The lowest BCUT2D eigenvalue weighted by atomic mass is 10.1. The van der Waals surface area contributed by atoms with Crippen LogP contribution in [-0.4, -0.2) is 17.1 Å². The van der Waals surface area contributed by atoms with E-state index in [1.807, 2.05) is 31.2 Å². The molecule has 0 aliphatic carbocycles. The number of para-hydroxylation sites is 1. The maximum Gasteiger partial charge on any atom is 0.343 e. The minimum atomic E-state index is -0.560. The van der Waals surface area contributed by atoms with Gasteiger partial charge in [0.2, 0.25) is 0 Å². The van der Waals surface area contributed by atoms with Crippen molar-refractivity contribution in [2.45, 2.75) is 20.4 Å². The Morgan fingerprint density at radius 1 is 1.28 bits per heavy atom. The van der Waals surface area contributed by atoms with Crippen molar-refractivity contribution >= 4 is 16.9 Å². The van der Waals surface area contributed by atoms with Crippen LogP contribution < -0.4 is 5.56 Å². The standard InChI is InChI=1S/C14H15NO3/c1-3-15-12-8-6-5-7-10(12)9-11(13(15)16)14(17)18-4-2/h5-9H,3-4H2,1-2H3. The Morgan fingerprint density at radius 2 is 2.00 bits per heavy atom. The highest BCUT2D eigenvalue weighted by atomic mass is 16.5. The van der Waals surface area contributed by atoms with Gasteiger partial charge in [-0.25, -0.2) is 4.79 Å². The quantitative estimate of drug-likeness (QED) is 0.779. The number of aryl methyl sites for hydroxylation is 1. The fourth-order valence-electron chi connectivity index (χ4n) is 2.00. The molecule has 0 radical (unpaired) electrons. The summed E-state index contributed by atoms with van der Waals surface area (Å²) in [6, 6.07) is 9.10. The number of pyridine rings is 1. The van der Waals surface area contributed by atoms with Gasteiger partial charge in [0.25, 0.3) is 5.56 Å². The van der Waals surface area contributed by atoms with Crippen LogP contribution in [-0.2, 0) is 11.3 Å². The lowest BCUT2D eigenvalue weighted by molar-refractivity contribution is 0.0524. The predicted molar refractivity (Wildman–Crippen MR) is 69.8 cm³/mol. The van der Waals surface area contributed by atoms with E-state index < -0.39 is 5.97 Å². The summed E-state index contributed by atoms with van der Waals surface area (Å²) in [5.74, 6) is -0.560. The highest BCUT2D eigenvalue weighted by molar-refractivity contribution is 5.93. The van der Waals surface area contributed by atoms with Crippen LogP contribution >= 0.6 is 0 Å². The minimum absolute atomic E-state index is 0.0948. The molecule has 0 aliphatic rings. The second-order valence-corrected chi connectivity index (χ2v) is 3.89. The zero-order valence-corrected chi connectivity index (χ0v) is 10.5. The first-order valence-corrected chi connectivity index (χ1v) is 5.98. The molecule has 0 spiro atoms. The Hall–Kier alpha value is -2.10. The monoisotopic (exact) mass is 245 g/mol. The Kier molecular flexibility index (Phi) is 3.46. The van der Waals surface area contributed by atoms with Crippen molar-refractivity contribution in [3.8, 4) is 0 Å². The van der Waals surface area contributed by atoms with Gasteiger partial charge in [-0.2, -0.15) is 0 Å². The second kappa shape index (κ2) is 5.04. The average molecular weight is 245 g/mol. The molecule has 0 bridgehead atoms. The fraction of sp³-hybridized carbons (Fsp3) is 0.286. The molecule has 0 unspecified atom stereocenters. The van der Waals surface area contributed by atoms with E-state index in [0.717, 1.165) is 10.9 Å². The number of carbonyl (C=O) groups is 1. The molecule has 1 aromatic carbocycles. The van der Waals surface area contributed by atoms with Gasteiger partial charge in [0.15, 0.2) is 0 Å². The fourth-order valence-corrected chi connectivity index (χ4v) is 2.00. The summed E-state index contributed by atoms with van der Waals surface area (Å²) in [5, 5.41) is 0.863. The molecule has 4 heteroatoms. The molecule has 2 rings (SSSR count). The average Bonchev–Trinajstić information content (AvgIpc) is 2.38. The van der Waals surface area contributed by atoms with Crippen LogP contribution in [0.3, 0.4) is 0 Å². The maximum atomic E-state index is 12.2. The van der Waals surface area contributed by atoms with Gasteiger partial charge in [0.05, 0.1) is 12.1 Å². The number of fused-ring (bicyclic) bond motifs is 1. The summed E-state index contributed by atoms with van der Waals surface area (Å²) >= 11 is 0. The van der Waals surface area contributed by atoms with E-state index in [4.69, 9.17) is 4.74 Å². The van der Waals surface area contributed by atoms with Crippen LogP contribution in [0.1, 0.15) is 24.2 Å². The van der Waals surface area contributed by atoms with Gasteiger partial charge < -0.3 is 9.30 Å². The van der Waals surface area contributed by atoms with Crippen molar-refractivity contribution in [1.82, 2.24) is 4.57 Å². The SMILES string of the molecule is CCOC(=O)c1cc2ccccc2n(CC)c1=O. The van der Waals surface area contributed by atoms with Crippen LogP contribution in [0, 0.1) is 0 Å². The molecule has 0 atom stereocenters. The maximum absolute atomic E-state index is 12.2. The number of nitrogens with zero attached hydrogens (tertiary/aromatic N) is 1. The predicted octanol–water partition coefficient (Wildman–Crippen LogP) is 2.20. The molecule has 1 heterocycles. The van der Waals surface area contributed by atoms with Crippen molar-refractivity contribution in [2.75, 3.05) is 6.61 Å². The third kappa shape index (κ3) is 2.01. The van der Waals surface area contributed by atoms with E-state index in [1.54, 1.807) is 17.6 Å². The number of aromatic nitrogens is 1. The van der Waals surface area contributed by atoms with Gasteiger partial charge in [-0.15, -0.1) is 0 Å². The number of hydrogen-bond donors (Lipinski definition) is 0. The Balaban J connectivity index is 2.73. The van der Waals surface area contributed by atoms with Crippen molar-refractivity contribution in [3.05, 3.63) is 46.2 Å². The van der Waals surface area contributed by atoms with Gasteiger partial charge >= 0.3 is 5.97 Å². The van der Waals surface area contributed by atoms with Crippen molar-refractivity contribution in [2.24, 2.45) is 0 Å². The third-order valence-electron chi connectivity index (χ3n) is 2.81. The van der Waals surface area contributed by atoms with Crippen molar-refractivity contribution in [1.29, 1.82) is 0 Å². The summed E-state index contributed by atoms with van der Waals surface area (Å²) in [7, 11) is 0. The van der Waals surface area contributed by atoms with Gasteiger partial charge in [0, 0.05) is 6.54 Å². The lowest BCUT2D eigenvalue weighted by Crippen LogP contribution is -2.27. The number of hydrogen-bond acceptors (Lipinski definition) is 3. The van der Waals surface area contributed by atoms with E-state index in [0.29, 0.717) is 6.54 Å². The van der Waals surface area contributed by atoms with E-state index in [-0.39, 0.29) is 17.7 Å². The highest BCUT2D eigenvalue weighted by Crippen LogP contribution is 2.13. The third-order valence-corrected chi connectivity index (χ3v) is 2.81. The second-order valence-electron chi connectivity index (χ2n) is 3.89. The number of esters is 1. The molecule has 0 saturated heterocycles. The normalized spacial score (nSPS) is 10.6. The smallest absolute Gasteiger partial charge is 0.343 e.